The summed E-state index contributed by atoms with van der Waals surface area (Å²) in [5, 5.41) is 12.4. The molecule has 31 heavy (non-hydrogen) atoms. The Kier molecular flexibility index (Phi) is 6.76. The molecule has 2 aromatic carbocycles. The molecule has 1 aliphatic heterocycles. The molecule has 1 aliphatic rings. The van der Waals surface area contributed by atoms with E-state index in [4.69, 9.17) is 17.3 Å². The third kappa shape index (κ3) is 5.32. The minimum atomic E-state index is -1.36. The molecule has 9 nitrogen and oxygen atoms in total. The standard InChI is InChI=1S/C21H22ClN5O4/c1-26-11-10-24-19(26)13-2-6-15(7-3-13)25-20(30)17(12-18(28)29)27(21(23)31)16-8-4-14(22)5-9-16/h2-9,17H,10-12H2,1H3,(H2,23,31)(H,25,30)(H,28,29). The second-order valence-corrected chi connectivity index (χ2v) is 7.43. The Labute approximate surface area is 184 Å². The largest absolute Gasteiger partial charge is 0.481 e. The van der Waals surface area contributed by atoms with E-state index in [0.717, 1.165) is 29.4 Å². The van der Waals surface area contributed by atoms with Crippen molar-refractivity contribution in [2.24, 2.45) is 10.7 Å². The molecular formula is C21H22ClN5O4. The Balaban J connectivity index is 1.82. The van der Waals surface area contributed by atoms with Gasteiger partial charge in [0, 0.05) is 35.6 Å². The first-order valence-corrected chi connectivity index (χ1v) is 9.87. The average Bonchev–Trinajstić information content (AvgIpc) is 3.15. The molecule has 0 spiro atoms. The van der Waals surface area contributed by atoms with E-state index in [1.54, 1.807) is 12.1 Å². The molecule has 4 N–H and O–H groups in total. The lowest BCUT2D eigenvalue weighted by Gasteiger charge is -2.28. The van der Waals surface area contributed by atoms with Crippen molar-refractivity contribution in [3.8, 4) is 0 Å². The number of carboxylic acid groups (broad SMARTS) is 1. The number of nitrogens with two attached hydrogens (primary N) is 1. The van der Waals surface area contributed by atoms with Crippen LogP contribution < -0.4 is 16.0 Å². The quantitative estimate of drug-likeness (QED) is 0.605. The van der Waals surface area contributed by atoms with E-state index in [1.165, 1.54) is 24.3 Å². The number of benzene rings is 2. The number of likely N-dealkylation sites (N-methyl/N-ethyl adjacent to an activating group) is 1. The number of aliphatic carboxylic acids is 1. The first kappa shape index (κ1) is 22.1. The van der Waals surface area contributed by atoms with Crippen LogP contribution in [0, 0.1) is 0 Å². The molecule has 2 aromatic rings. The molecule has 3 rings (SSSR count). The number of nitrogens with one attached hydrogen (secondary N) is 1. The number of amides is 3. The van der Waals surface area contributed by atoms with E-state index in [0.29, 0.717) is 10.7 Å². The smallest absolute Gasteiger partial charge is 0.320 e. The predicted molar refractivity (Wildman–Crippen MR) is 119 cm³/mol. The molecule has 0 aliphatic carbocycles. The number of urea groups is 1. The van der Waals surface area contributed by atoms with Crippen molar-refractivity contribution in [3.05, 3.63) is 59.1 Å². The van der Waals surface area contributed by atoms with Crippen LogP contribution in [0.15, 0.2) is 53.5 Å². The van der Waals surface area contributed by atoms with Gasteiger partial charge in [0.05, 0.1) is 13.0 Å². The van der Waals surface area contributed by atoms with Crippen LogP contribution in [0.2, 0.25) is 5.02 Å². The number of carbonyl (C=O) groups excluding carboxylic acids is 2. The fraction of sp³-hybridized carbons (Fsp3) is 0.238. The van der Waals surface area contributed by atoms with Gasteiger partial charge in [-0.15, -0.1) is 0 Å². The Hall–Kier alpha value is -3.59. The van der Waals surface area contributed by atoms with E-state index in [-0.39, 0.29) is 5.69 Å². The normalized spacial score (nSPS) is 14.0. The minimum Gasteiger partial charge on any atom is -0.481 e. The van der Waals surface area contributed by atoms with Gasteiger partial charge in [0.15, 0.2) is 0 Å². The number of rotatable bonds is 7. The summed E-state index contributed by atoms with van der Waals surface area (Å²) >= 11 is 5.88. The number of halogens is 1. The van der Waals surface area contributed by atoms with E-state index in [1.807, 2.05) is 24.1 Å². The third-order valence-corrected chi connectivity index (χ3v) is 5.05. The monoisotopic (exact) mass is 443 g/mol. The fourth-order valence-corrected chi connectivity index (χ4v) is 3.43. The molecule has 0 saturated heterocycles. The van der Waals surface area contributed by atoms with Crippen LogP contribution in [-0.2, 0) is 9.59 Å². The Morgan fingerprint density at radius 1 is 1.19 bits per heavy atom. The number of amidine groups is 1. The van der Waals surface area contributed by atoms with Crippen LogP contribution in [0.1, 0.15) is 12.0 Å². The number of nitrogens with zero attached hydrogens (tertiary/aromatic N) is 3. The maximum Gasteiger partial charge on any atom is 0.320 e. The van der Waals surface area contributed by atoms with Crippen molar-refractivity contribution in [1.82, 2.24) is 4.90 Å². The highest BCUT2D eigenvalue weighted by Crippen LogP contribution is 2.23. The predicted octanol–water partition coefficient (Wildman–Crippen LogP) is 2.40. The Morgan fingerprint density at radius 2 is 1.84 bits per heavy atom. The summed E-state index contributed by atoms with van der Waals surface area (Å²) in [5.41, 5.74) is 7.09. The minimum absolute atomic E-state index is 0.260. The summed E-state index contributed by atoms with van der Waals surface area (Å²) in [7, 11) is 1.95. The van der Waals surface area contributed by atoms with Crippen molar-refractivity contribution in [1.29, 1.82) is 0 Å². The first-order chi connectivity index (χ1) is 14.8. The van der Waals surface area contributed by atoms with Crippen molar-refractivity contribution in [3.63, 3.8) is 0 Å². The summed E-state index contributed by atoms with van der Waals surface area (Å²) < 4.78 is 0. The van der Waals surface area contributed by atoms with Crippen molar-refractivity contribution in [2.75, 3.05) is 30.4 Å². The lowest BCUT2D eigenvalue weighted by Crippen LogP contribution is -2.51. The molecule has 3 amide bonds. The summed E-state index contributed by atoms with van der Waals surface area (Å²) in [6.07, 6.45) is -0.628. The molecular weight excluding hydrogens is 422 g/mol. The van der Waals surface area contributed by atoms with E-state index in [9.17, 15) is 19.5 Å². The van der Waals surface area contributed by atoms with Gasteiger partial charge in [0.25, 0.3) is 0 Å². The van der Waals surface area contributed by atoms with Gasteiger partial charge in [-0.25, -0.2) is 4.79 Å². The molecule has 1 unspecified atom stereocenters. The molecule has 0 bridgehead atoms. The molecule has 0 radical (unpaired) electrons. The number of carboxylic acids is 1. The Morgan fingerprint density at radius 3 is 2.35 bits per heavy atom. The van der Waals surface area contributed by atoms with Gasteiger partial charge in [-0.2, -0.15) is 0 Å². The van der Waals surface area contributed by atoms with Gasteiger partial charge in [-0.3, -0.25) is 19.5 Å². The summed E-state index contributed by atoms with van der Waals surface area (Å²) in [5.74, 6) is -1.07. The first-order valence-electron chi connectivity index (χ1n) is 9.49. The van der Waals surface area contributed by atoms with Gasteiger partial charge in [-0.05, 0) is 48.5 Å². The lowest BCUT2D eigenvalue weighted by atomic mass is 10.1. The highest BCUT2D eigenvalue weighted by atomic mass is 35.5. The Bertz CT molecular complexity index is 1010. The molecule has 1 heterocycles. The summed E-state index contributed by atoms with van der Waals surface area (Å²) in [6.45, 7) is 1.58. The summed E-state index contributed by atoms with van der Waals surface area (Å²) in [6, 6.07) is 10.7. The fourth-order valence-electron chi connectivity index (χ4n) is 3.30. The highest BCUT2D eigenvalue weighted by molar-refractivity contribution is 6.30. The molecule has 10 heteroatoms. The van der Waals surface area contributed by atoms with Gasteiger partial charge in [0.2, 0.25) is 5.91 Å². The topological polar surface area (TPSA) is 128 Å². The van der Waals surface area contributed by atoms with Crippen molar-refractivity contribution >= 4 is 46.7 Å². The maximum atomic E-state index is 12.9. The summed E-state index contributed by atoms with van der Waals surface area (Å²) in [4.78, 5) is 43.9. The number of hydrogen-bond donors (Lipinski definition) is 3. The van der Waals surface area contributed by atoms with Gasteiger partial charge in [-0.1, -0.05) is 11.6 Å². The van der Waals surface area contributed by atoms with E-state index >= 15 is 0 Å². The van der Waals surface area contributed by atoms with E-state index < -0.39 is 30.4 Å². The van der Waals surface area contributed by atoms with Crippen LogP contribution in [0.4, 0.5) is 16.2 Å². The molecule has 162 valence electrons. The van der Waals surface area contributed by atoms with Crippen molar-refractivity contribution < 1.29 is 19.5 Å². The van der Waals surface area contributed by atoms with E-state index in [2.05, 4.69) is 10.3 Å². The van der Waals surface area contributed by atoms with Gasteiger partial charge >= 0.3 is 12.0 Å². The number of hydrogen-bond acceptors (Lipinski definition) is 5. The molecule has 0 fully saturated rings. The average molecular weight is 444 g/mol. The van der Waals surface area contributed by atoms with Crippen LogP contribution in [0.25, 0.3) is 0 Å². The number of anilines is 2. The highest BCUT2D eigenvalue weighted by Gasteiger charge is 2.32. The third-order valence-electron chi connectivity index (χ3n) is 4.79. The molecule has 1 atom stereocenters. The second-order valence-electron chi connectivity index (χ2n) is 6.99. The van der Waals surface area contributed by atoms with Crippen molar-refractivity contribution in [2.45, 2.75) is 12.5 Å². The van der Waals surface area contributed by atoms with Crippen LogP contribution in [0.5, 0.6) is 0 Å². The second kappa shape index (κ2) is 9.48. The van der Waals surface area contributed by atoms with Crippen LogP contribution >= 0.6 is 11.6 Å². The molecule has 0 saturated carbocycles. The number of carbonyl (C=O) groups is 3. The van der Waals surface area contributed by atoms with Gasteiger partial charge in [0.1, 0.15) is 11.9 Å². The van der Waals surface area contributed by atoms with Gasteiger partial charge < -0.3 is 21.1 Å². The zero-order valence-corrected chi connectivity index (χ0v) is 17.5. The zero-order valence-electron chi connectivity index (χ0n) is 16.8. The molecule has 0 aromatic heterocycles. The zero-order chi connectivity index (χ0) is 22.5. The SMILES string of the molecule is CN1CCN=C1c1ccc(NC(=O)C(CC(=O)O)N(C(N)=O)c2ccc(Cl)cc2)cc1. The number of aliphatic imine (C=N–C) groups is 1. The number of primary amides is 1. The maximum absolute atomic E-state index is 12.9. The van der Waals surface area contributed by atoms with Crippen LogP contribution in [-0.4, -0.2) is 59.9 Å². The lowest BCUT2D eigenvalue weighted by molar-refractivity contribution is -0.138. The van der Waals surface area contributed by atoms with Crippen LogP contribution in [0.3, 0.4) is 0 Å².